The van der Waals surface area contributed by atoms with Crippen LogP contribution in [0.4, 0.5) is 5.69 Å². The number of likely N-dealkylation sites (tertiary alicyclic amines) is 1. The highest BCUT2D eigenvalue weighted by atomic mass is 16.3. The lowest BCUT2D eigenvalue weighted by Gasteiger charge is -2.15. The Hall–Kier alpha value is -2.89. The van der Waals surface area contributed by atoms with E-state index in [1.165, 1.54) is 6.92 Å². The zero-order valence-corrected chi connectivity index (χ0v) is 13.3. The largest absolute Gasteiger partial charge is 0.467 e. The Morgan fingerprint density at radius 3 is 2.62 bits per heavy atom. The van der Waals surface area contributed by atoms with Gasteiger partial charge in [-0.3, -0.25) is 14.4 Å². The highest BCUT2D eigenvalue weighted by Gasteiger charge is 2.34. The number of rotatable bonds is 5. The van der Waals surface area contributed by atoms with Crippen LogP contribution in [-0.4, -0.2) is 29.0 Å². The van der Waals surface area contributed by atoms with Gasteiger partial charge in [0.15, 0.2) is 5.78 Å². The third-order valence-electron chi connectivity index (χ3n) is 4.07. The minimum absolute atomic E-state index is 0.0252. The number of furan rings is 1. The molecule has 0 saturated carbocycles. The number of benzene rings is 1. The monoisotopic (exact) mass is 326 g/mol. The summed E-state index contributed by atoms with van der Waals surface area (Å²) >= 11 is 0. The number of nitrogens with zero attached hydrogens (tertiary/aromatic N) is 1. The maximum Gasteiger partial charge on any atom is 0.229 e. The number of carbonyl (C=O) groups excluding carboxylic acids is 3. The van der Waals surface area contributed by atoms with Gasteiger partial charge in [-0.05, 0) is 43.3 Å². The van der Waals surface area contributed by atoms with Crippen molar-refractivity contribution in [2.24, 2.45) is 5.92 Å². The van der Waals surface area contributed by atoms with Gasteiger partial charge in [0.2, 0.25) is 11.8 Å². The number of anilines is 1. The number of nitrogens with one attached hydrogen (secondary N) is 1. The molecule has 0 aliphatic carbocycles. The summed E-state index contributed by atoms with van der Waals surface area (Å²) in [6.45, 7) is 2.24. The van der Waals surface area contributed by atoms with Crippen molar-refractivity contribution in [2.75, 3.05) is 11.9 Å². The summed E-state index contributed by atoms with van der Waals surface area (Å²) in [5, 5.41) is 2.80. The van der Waals surface area contributed by atoms with Crippen molar-refractivity contribution in [3.63, 3.8) is 0 Å². The van der Waals surface area contributed by atoms with Crippen molar-refractivity contribution >= 4 is 23.3 Å². The molecule has 1 aliphatic rings. The van der Waals surface area contributed by atoms with E-state index >= 15 is 0 Å². The Morgan fingerprint density at radius 1 is 1.25 bits per heavy atom. The van der Waals surface area contributed by atoms with Crippen LogP contribution in [0.5, 0.6) is 0 Å². The molecule has 1 aromatic carbocycles. The fourth-order valence-corrected chi connectivity index (χ4v) is 2.72. The maximum atomic E-state index is 12.3. The fraction of sp³-hybridized carbons (Fsp3) is 0.278. The third kappa shape index (κ3) is 3.53. The molecule has 1 aromatic heterocycles. The van der Waals surface area contributed by atoms with Crippen LogP contribution in [0.25, 0.3) is 0 Å². The molecule has 3 rings (SSSR count). The quantitative estimate of drug-likeness (QED) is 0.856. The lowest BCUT2D eigenvalue weighted by molar-refractivity contribution is -0.128. The first-order valence-electron chi connectivity index (χ1n) is 7.75. The van der Waals surface area contributed by atoms with E-state index < -0.39 is 0 Å². The Kier molecular flexibility index (Phi) is 4.46. The van der Waals surface area contributed by atoms with Crippen LogP contribution in [-0.2, 0) is 16.1 Å². The second-order valence-electron chi connectivity index (χ2n) is 5.88. The van der Waals surface area contributed by atoms with Gasteiger partial charge in [0.1, 0.15) is 5.76 Å². The van der Waals surface area contributed by atoms with Crippen molar-refractivity contribution in [3.8, 4) is 0 Å². The molecule has 124 valence electrons. The molecule has 2 aromatic rings. The van der Waals surface area contributed by atoms with Crippen LogP contribution in [0.15, 0.2) is 47.1 Å². The number of Topliss-reactive ketones (excluding diaryl/α,β-unsaturated/α-hetero) is 1. The normalized spacial score (nSPS) is 17.1. The molecule has 6 nitrogen and oxygen atoms in total. The van der Waals surface area contributed by atoms with Crippen LogP contribution < -0.4 is 5.32 Å². The molecule has 2 heterocycles. The van der Waals surface area contributed by atoms with Gasteiger partial charge in [-0.25, -0.2) is 0 Å². The number of carbonyl (C=O) groups is 3. The molecule has 24 heavy (non-hydrogen) atoms. The van der Waals surface area contributed by atoms with Crippen LogP contribution in [0.1, 0.15) is 29.5 Å². The topological polar surface area (TPSA) is 79.6 Å². The first kappa shape index (κ1) is 16.0. The molecule has 1 fully saturated rings. The van der Waals surface area contributed by atoms with Crippen molar-refractivity contribution < 1.29 is 18.8 Å². The Labute approximate surface area is 139 Å². The van der Waals surface area contributed by atoms with E-state index in [4.69, 9.17) is 4.42 Å². The molecule has 1 saturated heterocycles. The van der Waals surface area contributed by atoms with Crippen molar-refractivity contribution in [2.45, 2.75) is 19.9 Å². The average molecular weight is 326 g/mol. The van der Waals surface area contributed by atoms with E-state index in [1.807, 2.05) is 0 Å². The van der Waals surface area contributed by atoms with Crippen LogP contribution in [0.3, 0.4) is 0 Å². The van der Waals surface area contributed by atoms with Gasteiger partial charge in [-0.2, -0.15) is 0 Å². The first-order chi connectivity index (χ1) is 11.5. The van der Waals surface area contributed by atoms with E-state index in [9.17, 15) is 14.4 Å². The van der Waals surface area contributed by atoms with E-state index in [0.717, 1.165) is 0 Å². The second kappa shape index (κ2) is 6.70. The summed E-state index contributed by atoms with van der Waals surface area (Å²) in [5.41, 5.74) is 1.20. The SMILES string of the molecule is CC(=O)c1ccc(NC(=O)[C@H]2CC(=O)N(Cc3ccco3)C2)cc1. The predicted molar refractivity (Wildman–Crippen MR) is 87.3 cm³/mol. The molecule has 1 N–H and O–H groups in total. The third-order valence-corrected chi connectivity index (χ3v) is 4.07. The summed E-state index contributed by atoms with van der Waals surface area (Å²) in [6, 6.07) is 10.3. The zero-order valence-electron chi connectivity index (χ0n) is 13.3. The summed E-state index contributed by atoms with van der Waals surface area (Å²) < 4.78 is 5.24. The van der Waals surface area contributed by atoms with Crippen LogP contribution in [0.2, 0.25) is 0 Å². The van der Waals surface area contributed by atoms with Gasteiger partial charge >= 0.3 is 0 Å². The van der Waals surface area contributed by atoms with Crippen molar-refractivity contribution in [1.29, 1.82) is 0 Å². The molecule has 0 bridgehead atoms. The lowest BCUT2D eigenvalue weighted by Crippen LogP contribution is -2.27. The number of hydrogen-bond acceptors (Lipinski definition) is 4. The Morgan fingerprint density at radius 2 is 2.00 bits per heavy atom. The van der Waals surface area contributed by atoms with Gasteiger partial charge in [-0.15, -0.1) is 0 Å². The summed E-state index contributed by atoms with van der Waals surface area (Å²) in [5.74, 6) is 0.0337. The molecule has 0 spiro atoms. The van der Waals surface area contributed by atoms with Crippen molar-refractivity contribution in [1.82, 2.24) is 4.90 Å². The van der Waals surface area contributed by atoms with E-state index in [1.54, 1.807) is 47.6 Å². The first-order valence-corrected chi connectivity index (χ1v) is 7.75. The Balaban J connectivity index is 1.59. The maximum absolute atomic E-state index is 12.3. The standard InChI is InChI=1S/C18H18N2O4/c1-12(21)13-4-6-15(7-5-13)19-18(23)14-9-17(22)20(10-14)11-16-3-2-8-24-16/h2-8,14H,9-11H2,1H3,(H,19,23)/t14-/m0/s1. The molecular weight excluding hydrogens is 308 g/mol. The van der Waals surface area contributed by atoms with Gasteiger partial charge in [0, 0.05) is 24.2 Å². The average Bonchev–Trinajstić information content (AvgIpc) is 3.19. The summed E-state index contributed by atoms with van der Waals surface area (Å²) in [6.07, 6.45) is 1.75. The van der Waals surface area contributed by atoms with Crippen molar-refractivity contribution in [3.05, 3.63) is 54.0 Å². The number of hydrogen-bond donors (Lipinski definition) is 1. The highest BCUT2D eigenvalue weighted by molar-refractivity contribution is 5.98. The number of amides is 2. The summed E-state index contributed by atoms with van der Waals surface area (Å²) in [7, 11) is 0. The van der Waals surface area contributed by atoms with Crippen LogP contribution in [0, 0.1) is 5.92 Å². The molecule has 0 radical (unpaired) electrons. The highest BCUT2D eigenvalue weighted by Crippen LogP contribution is 2.22. The van der Waals surface area contributed by atoms with Gasteiger partial charge in [0.05, 0.1) is 18.7 Å². The van der Waals surface area contributed by atoms with E-state index in [0.29, 0.717) is 30.1 Å². The second-order valence-corrected chi connectivity index (χ2v) is 5.88. The minimum Gasteiger partial charge on any atom is -0.467 e. The molecule has 1 atom stereocenters. The fourth-order valence-electron chi connectivity index (χ4n) is 2.72. The number of ketones is 1. The minimum atomic E-state index is -0.389. The molecular formula is C18H18N2O4. The molecule has 0 unspecified atom stereocenters. The van der Waals surface area contributed by atoms with Crippen LogP contribution >= 0.6 is 0 Å². The smallest absolute Gasteiger partial charge is 0.229 e. The van der Waals surface area contributed by atoms with E-state index in [-0.39, 0.29) is 29.9 Å². The predicted octanol–water partition coefficient (Wildman–Crippen LogP) is 2.47. The Bertz CT molecular complexity index is 750. The van der Waals surface area contributed by atoms with Gasteiger partial charge in [-0.1, -0.05) is 0 Å². The summed E-state index contributed by atoms with van der Waals surface area (Å²) in [4.78, 5) is 37.3. The molecule has 6 heteroatoms. The van der Waals surface area contributed by atoms with Gasteiger partial charge < -0.3 is 14.6 Å². The molecule has 1 aliphatic heterocycles. The molecule has 2 amide bonds. The van der Waals surface area contributed by atoms with E-state index in [2.05, 4.69) is 5.32 Å². The van der Waals surface area contributed by atoms with Gasteiger partial charge in [0.25, 0.3) is 0 Å². The lowest BCUT2D eigenvalue weighted by atomic mass is 10.1. The zero-order chi connectivity index (χ0) is 17.1.